The summed E-state index contributed by atoms with van der Waals surface area (Å²) in [5, 5.41) is 12.1. The second kappa shape index (κ2) is 8.39. The number of H-pyrrole nitrogens is 1. The first-order chi connectivity index (χ1) is 14.1. The van der Waals surface area contributed by atoms with E-state index in [-0.39, 0.29) is 23.4 Å². The largest absolute Gasteiger partial charge is 0.345 e. The fourth-order valence-electron chi connectivity index (χ4n) is 3.93. The molecule has 1 saturated heterocycles. The number of rotatable bonds is 9. The van der Waals surface area contributed by atoms with Crippen LogP contribution in [-0.4, -0.2) is 42.3 Å². The number of nitrogens with zero attached hydrogens (tertiary/aromatic N) is 1. The van der Waals surface area contributed by atoms with Crippen molar-refractivity contribution in [3.8, 4) is 0 Å². The second-order valence-corrected chi connectivity index (χ2v) is 10.3. The predicted octanol–water partition coefficient (Wildman–Crippen LogP) is 2.92. The summed E-state index contributed by atoms with van der Waals surface area (Å²) in [5.41, 5.74) is 0.771. The fourth-order valence-corrected chi connectivity index (χ4v) is 5.02. The van der Waals surface area contributed by atoms with Gasteiger partial charge in [-0.15, -0.1) is 0 Å². The molecule has 1 aromatic heterocycles. The Labute approximate surface area is 178 Å². The zero-order valence-corrected chi connectivity index (χ0v) is 18.8. The standard InChI is InChI=1S/C21H31N5O3S/c1-5-6-9-23-30(28,29)18-11-16-10-15(7-8-17(16)24-18)13-26-19(27)21(4,12-14(2)3)25-20(26)22/h7-8,10-11,14,23-24H,5-6,9,12-13H2,1-4H3,(H2,22,25). The molecule has 1 amide bonds. The maximum absolute atomic E-state index is 12.9. The number of guanidine groups is 1. The third-order valence-corrected chi connectivity index (χ3v) is 6.69. The quantitative estimate of drug-likeness (QED) is 0.455. The molecule has 1 fully saturated rings. The number of sulfonamides is 1. The third kappa shape index (κ3) is 4.52. The molecule has 0 saturated carbocycles. The van der Waals surface area contributed by atoms with E-state index in [1.54, 1.807) is 12.1 Å². The van der Waals surface area contributed by atoms with Gasteiger partial charge >= 0.3 is 0 Å². The number of amides is 1. The Morgan fingerprint density at radius 3 is 2.67 bits per heavy atom. The number of carbonyl (C=O) groups excluding carboxylic acids is 1. The maximum atomic E-state index is 12.9. The zero-order chi connectivity index (χ0) is 22.1. The van der Waals surface area contributed by atoms with Crippen molar-refractivity contribution >= 4 is 32.8 Å². The van der Waals surface area contributed by atoms with Crippen LogP contribution < -0.4 is 10.0 Å². The van der Waals surface area contributed by atoms with E-state index >= 15 is 0 Å². The lowest BCUT2D eigenvalue weighted by Gasteiger charge is -2.24. The van der Waals surface area contributed by atoms with Crippen LogP contribution in [0, 0.1) is 11.3 Å². The number of hydrogen-bond acceptors (Lipinski definition) is 4. The Balaban J connectivity index is 1.80. The van der Waals surface area contributed by atoms with Crippen molar-refractivity contribution in [2.75, 3.05) is 6.54 Å². The van der Waals surface area contributed by atoms with Crippen molar-refractivity contribution in [3.63, 3.8) is 0 Å². The van der Waals surface area contributed by atoms with Gasteiger partial charge in [0.05, 0.1) is 6.54 Å². The average Bonchev–Trinajstić information content (AvgIpc) is 3.16. The van der Waals surface area contributed by atoms with Gasteiger partial charge in [-0.25, -0.2) is 13.1 Å². The molecule has 1 aromatic carbocycles. The number of carbonyl (C=O) groups is 1. The Bertz CT molecular complexity index is 1060. The van der Waals surface area contributed by atoms with E-state index < -0.39 is 15.6 Å². The van der Waals surface area contributed by atoms with Gasteiger partial charge in [0.15, 0.2) is 5.96 Å². The lowest BCUT2D eigenvalue weighted by molar-refractivity contribution is -0.131. The molecule has 2 aromatic rings. The molecule has 9 heteroatoms. The van der Waals surface area contributed by atoms with Gasteiger partial charge in [0.2, 0.25) is 0 Å². The van der Waals surface area contributed by atoms with Crippen molar-refractivity contribution in [2.24, 2.45) is 5.92 Å². The first kappa shape index (κ1) is 22.3. The summed E-state index contributed by atoms with van der Waals surface area (Å²) < 4.78 is 27.5. The first-order valence-electron chi connectivity index (χ1n) is 10.4. The Morgan fingerprint density at radius 1 is 1.27 bits per heavy atom. The summed E-state index contributed by atoms with van der Waals surface area (Å²) in [6.45, 7) is 8.60. The van der Waals surface area contributed by atoms with Gasteiger partial charge in [-0.3, -0.25) is 15.1 Å². The van der Waals surface area contributed by atoms with Crippen LogP contribution in [0.2, 0.25) is 0 Å². The molecule has 0 radical (unpaired) electrons. The number of unbranched alkanes of at least 4 members (excludes halogenated alkanes) is 1. The lowest BCUT2D eigenvalue weighted by atomic mass is 9.91. The van der Waals surface area contributed by atoms with Gasteiger partial charge in [-0.2, -0.15) is 0 Å². The smallest absolute Gasteiger partial charge is 0.256 e. The van der Waals surface area contributed by atoms with Crippen LogP contribution in [0.3, 0.4) is 0 Å². The summed E-state index contributed by atoms with van der Waals surface area (Å²) in [7, 11) is -3.59. The molecule has 8 nitrogen and oxygen atoms in total. The van der Waals surface area contributed by atoms with E-state index in [1.807, 2.05) is 26.0 Å². The molecule has 3 rings (SSSR count). The number of nitrogens with one attached hydrogen (secondary N) is 4. The molecule has 1 unspecified atom stereocenters. The molecule has 0 bridgehead atoms. The molecule has 1 aliphatic heterocycles. The predicted molar refractivity (Wildman–Crippen MR) is 118 cm³/mol. The van der Waals surface area contributed by atoms with Crippen molar-refractivity contribution < 1.29 is 13.2 Å². The minimum Gasteiger partial charge on any atom is -0.345 e. The fraction of sp³-hybridized carbons (Fsp3) is 0.524. The Morgan fingerprint density at radius 2 is 2.00 bits per heavy atom. The highest BCUT2D eigenvalue weighted by molar-refractivity contribution is 7.89. The molecule has 164 valence electrons. The first-order valence-corrected chi connectivity index (χ1v) is 11.8. The number of aromatic amines is 1. The van der Waals surface area contributed by atoms with Gasteiger partial charge in [-0.1, -0.05) is 33.3 Å². The van der Waals surface area contributed by atoms with Crippen molar-refractivity contribution in [3.05, 3.63) is 29.8 Å². The van der Waals surface area contributed by atoms with E-state index in [9.17, 15) is 13.2 Å². The minimum absolute atomic E-state index is 0.0979. The molecule has 2 heterocycles. The topological polar surface area (TPSA) is 118 Å². The summed E-state index contributed by atoms with van der Waals surface area (Å²) in [4.78, 5) is 17.3. The number of aromatic nitrogens is 1. The molecular formula is C21H31N5O3S. The molecule has 4 N–H and O–H groups in total. The lowest BCUT2D eigenvalue weighted by Crippen LogP contribution is -2.44. The highest BCUT2D eigenvalue weighted by Gasteiger charge is 2.45. The highest BCUT2D eigenvalue weighted by Crippen LogP contribution is 2.27. The zero-order valence-electron chi connectivity index (χ0n) is 18.0. The average molecular weight is 434 g/mol. The van der Waals surface area contributed by atoms with Gasteiger partial charge in [-0.05, 0) is 49.4 Å². The molecule has 30 heavy (non-hydrogen) atoms. The van der Waals surface area contributed by atoms with E-state index in [1.165, 1.54) is 4.90 Å². The third-order valence-electron chi connectivity index (χ3n) is 5.31. The van der Waals surface area contributed by atoms with Crippen LogP contribution in [0.25, 0.3) is 10.9 Å². The van der Waals surface area contributed by atoms with E-state index in [2.05, 4.69) is 28.9 Å². The monoisotopic (exact) mass is 433 g/mol. The summed E-state index contributed by atoms with van der Waals surface area (Å²) >= 11 is 0. The van der Waals surface area contributed by atoms with Crippen LogP contribution in [0.15, 0.2) is 29.3 Å². The SMILES string of the molecule is CCCCNS(=O)(=O)c1cc2cc(CN3C(=N)NC(C)(CC(C)C)C3=O)ccc2[nH]1. The molecule has 1 aliphatic rings. The van der Waals surface area contributed by atoms with Gasteiger partial charge in [0.25, 0.3) is 15.9 Å². The molecule has 0 aliphatic carbocycles. The van der Waals surface area contributed by atoms with Crippen molar-refractivity contribution in [1.82, 2.24) is 19.9 Å². The summed E-state index contributed by atoms with van der Waals surface area (Å²) in [6.07, 6.45) is 2.34. The maximum Gasteiger partial charge on any atom is 0.256 e. The normalized spacial score (nSPS) is 19.8. The van der Waals surface area contributed by atoms with E-state index in [0.29, 0.717) is 24.4 Å². The Hall–Kier alpha value is -2.39. The van der Waals surface area contributed by atoms with Gasteiger partial charge < -0.3 is 10.3 Å². The van der Waals surface area contributed by atoms with E-state index in [0.717, 1.165) is 23.8 Å². The molecular weight excluding hydrogens is 402 g/mol. The number of benzene rings is 1. The number of hydrogen-bond donors (Lipinski definition) is 4. The van der Waals surface area contributed by atoms with Crippen molar-refractivity contribution in [1.29, 1.82) is 5.41 Å². The van der Waals surface area contributed by atoms with Gasteiger partial charge in [0.1, 0.15) is 10.6 Å². The van der Waals surface area contributed by atoms with Crippen LogP contribution in [0.5, 0.6) is 0 Å². The second-order valence-electron chi connectivity index (χ2n) is 8.60. The Kier molecular flexibility index (Phi) is 6.24. The summed E-state index contributed by atoms with van der Waals surface area (Å²) in [6, 6.07) is 7.11. The van der Waals surface area contributed by atoms with Crippen LogP contribution >= 0.6 is 0 Å². The molecule has 1 atom stereocenters. The summed E-state index contributed by atoms with van der Waals surface area (Å²) in [5.74, 6) is 0.307. The highest BCUT2D eigenvalue weighted by atomic mass is 32.2. The minimum atomic E-state index is -3.59. The van der Waals surface area contributed by atoms with Crippen LogP contribution in [0.1, 0.15) is 52.5 Å². The van der Waals surface area contributed by atoms with E-state index in [4.69, 9.17) is 5.41 Å². The number of fused-ring (bicyclic) bond motifs is 1. The van der Waals surface area contributed by atoms with Crippen molar-refractivity contribution in [2.45, 2.75) is 64.1 Å². The van der Waals surface area contributed by atoms with Crippen LogP contribution in [-0.2, 0) is 21.4 Å². The van der Waals surface area contributed by atoms with Crippen LogP contribution in [0.4, 0.5) is 0 Å². The van der Waals surface area contributed by atoms with Gasteiger partial charge in [0, 0.05) is 17.4 Å². The molecule has 0 spiro atoms.